The summed E-state index contributed by atoms with van der Waals surface area (Å²) in [6.45, 7) is 0. The molecular weight excluding hydrogens is 228 g/mol. The molecule has 0 amide bonds. The summed E-state index contributed by atoms with van der Waals surface area (Å²) in [4.78, 5) is 0. The third-order valence-electron chi connectivity index (χ3n) is 3.89. The van der Waals surface area contributed by atoms with Crippen molar-refractivity contribution >= 4 is 6.08 Å². The van der Waals surface area contributed by atoms with Gasteiger partial charge in [0.15, 0.2) is 0 Å². The molecule has 1 aromatic carbocycles. The van der Waals surface area contributed by atoms with Crippen LogP contribution >= 0.6 is 0 Å². The number of allylic oxidation sites excluding steroid dienone is 1. The van der Waals surface area contributed by atoms with Crippen molar-refractivity contribution in [2.24, 2.45) is 0 Å². The van der Waals surface area contributed by atoms with Gasteiger partial charge in [-0.3, -0.25) is 0 Å². The molecule has 3 aliphatic rings. The van der Waals surface area contributed by atoms with Gasteiger partial charge in [0.2, 0.25) is 0 Å². The van der Waals surface area contributed by atoms with Crippen LogP contribution < -0.4 is 0 Å². The van der Waals surface area contributed by atoms with Crippen LogP contribution in [-0.2, 0) is 6.42 Å². The van der Waals surface area contributed by atoms with Crippen molar-refractivity contribution in [3.8, 4) is 22.3 Å². The molecule has 0 nitrogen and oxygen atoms in total. The normalized spacial score (nSPS) is 12.8. The second kappa shape index (κ2) is 4.10. The van der Waals surface area contributed by atoms with Gasteiger partial charge in [-0.15, -0.1) is 0 Å². The van der Waals surface area contributed by atoms with Gasteiger partial charge in [-0.05, 0) is 45.9 Å². The summed E-state index contributed by atoms with van der Waals surface area (Å²) in [5.41, 5.74) is 8.22. The van der Waals surface area contributed by atoms with Gasteiger partial charge < -0.3 is 0 Å². The van der Waals surface area contributed by atoms with Crippen LogP contribution in [0.2, 0.25) is 0 Å². The Bertz CT molecular complexity index is 750. The SMILES string of the molecule is C1=Cc2ccccc2-c2cc3cccccc-3c2C1. The molecule has 0 spiro atoms. The van der Waals surface area contributed by atoms with Gasteiger partial charge in [-0.2, -0.15) is 0 Å². The molecule has 0 N–H and O–H groups in total. The molecule has 3 aliphatic carbocycles. The first-order valence-corrected chi connectivity index (χ1v) is 6.70. The number of rotatable bonds is 0. The molecule has 0 heteroatoms. The van der Waals surface area contributed by atoms with Crippen molar-refractivity contribution in [1.29, 1.82) is 0 Å². The second-order valence-electron chi connectivity index (χ2n) is 5.01. The Morgan fingerprint density at radius 2 is 1.47 bits per heavy atom. The molecule has 90 valence electrons. The molecule has 0 atom stereocenters. The molecule has 0 unspecified atom stereocenters. The summed E-state index contributed by atoms with van der Waals surface area (Å²) >= 11 is 0. The third kappa shape index (κ3) is 1.61. The maximum atomic E-state index is 2.33. The van der Waals surface area contributed by atoms with E-state index < -0.39 is 0 Å². The van der Waals surface area contributed by atoms with Crippen molar-refractivity contribution in [2.45, 2.75) is 6.42 Å². The van der Waals surface area contributed by atoms with Gasteiger partial charge >= 0.3 is 0 Å². The lowest BCUT2D eigenvalue weighted by Gasteiger charge is -2.04. The monoisotopic (exact) mass is 242 g/mol. The second-order valence-corrected chi connectivity index (χ2v) is 5.01. The fourth-order valence-corrected chi connectivity index (χ4v) is 3.00. The molecule has 0 fully saturated rings. The highest BCUT2D eigenvalue weighted by atomic mass is 14.2. The van der Waals surface area contributed by atoms with E-state index in [0.717, 1.165) is 6.42 Å². The quantitative estimate of drug-likeness (QED) is 0.518. The topological polar surface area (TPSA) is 0 Å². The fourth-order valence-electron chi connectivity index (χ4n) is 3.00. The van der Waals surface area contributed by atoms with E-state index >= 15 is 0 Å². The summed E-state index contributed by atoms with van der Waals surface area (Å²) in [7, 11) is 0. The van der Waals surface area contributed by atoms with Crippen molar-refractivity contribution in [3.05, 3.63) is 77.9 Å². The molecule has 0 radical (unpaired) electrons. The zero-order valence-electron chi connectivity index (χ0n) is 10.6. The van der Waals surface area contributed by atoms with Crippen LogP contribution in [0, 0.1) is 0 Å². The first-order chi connectivity index (χ1) is 9.43. The molecule has 0 saturated heterocycles. The molecule has 0 saturated carbocycles. The largest absolute Gasteiger partial charge is 0.0795 e. The van der Waals surface area contributed by atoms with E-state index in [1.165, 1.54) is 33.4 Å². The van der Waals surface area contributed by atoms with Gasteiger partial charge in [0.05, 0.1) is 0 Å². The van der Waals surface area contributed by atoms with Crippen LogP contribution in [-0.4, -0.2) is 0 Å². The van der Waals surface area contributed by atoms with E-state index in [0.29, 0.717) is 0 Å². The number of hydrogen-bond acceptors (Lipinski definition) is 0. The van der Waals surface area contributed by atoms with Crippen molar-refractivity contribution in [2.75, 3.05) is 0 Å². The lowest BCUT2D eigenvalue weighted by Crippen LogP contribution is -1.83. The van der Waals surface area contributed by atoms with Crippen LogP contribution in [0.5, 0.6) is 0 Å². The average Bonchev–Trinajstić information content (AvgIpc) is 2.62. The van der Waals surface area contributed by atoms with Crippen LogP contribution in [0.1, 0.15) is 11.1 Å². The zero-order valence-corrected chi connectivity index (χ0v) is 10.6. The predicted octanol–water partition coefficient (Wildman–Crippen LogP) is 5.03. The summed E-state index contributed by atoms with van der Waals surface area (Å²) in [6.07, 6.45) is 5.53. The van der Waals surface area contributed by atoms with Gasteiger partial charge in [0.25, 0.3) is 0 Å². The molecule has 0 bridgehead atoms. The van der Waals surface area contributed by atoms with Crippen molar-refractivity contribution in [3.63, 3.8) is 0 Å². The Kier molecular flexibility index (Phi) is 2.28. The van der Waals surface area contributed by atoms with Gasteiger partial charge in [0.1, 0.15) is 0 Å². The highest BCUT2D eigenvalue weighted by Gasteiger charge is 2.18. The van der Waals surface area contributed by atoms with Crippen LogP contribution in [0.3, 0.4) is 0 Å². The zero-order chi connectivity index (χ0) is 12.7. The van der Waals surface area contributed by atoms with Crippen molar-refractivity contribution < 1.29 is 0 Å². The maximum absolute atomic E-state index is 2.33. The van der Waals surface area contributed by atoms with E-state index in [1.54, 1.807) is 0 Å². The summed E-state index contributed by atoms with van der Waals surface area (Å²) in [5, 5.41) is 0. The maximum Gasteiger partial charge on any atom is -0.00818 e. The Labute approximate surface area is 113 Å². The Morgan fingerprint density at radius 3 is 2.47 bits per heavy atom. The number of hydrogen-bond donors (Lipinski definition) is 0. The van der Waals surface area contributed by atoms with Crippen molar-refractivity contribution in [1.82, 2.24) is 0 Å². The summed E-state index contributed by atoms with van der Waals surface area (Å²) in [6, 6.07) is 21.7. The number of benzene rings is 1. The molecule has 1 aromatic rings. The summed E-state index contributed by atoms with van der Waals surface area (Å²) < 4.78 is 0. The predicted molar refractivity (Wildman–Crippen MR) is 81.2 cm³/mol. The van der Waals surface area contributed by atoms with Gasteiger partial charge in [0, 0.05) is 0 Å². The van der Waals surface area contributed by atoms with E-state index in [9.17, 15) is 0 Å². The first-order valence-electron chi connectivity index (χ1n) is 6.70. The fraction of sp³-hybridized carbons (Fsp3) is 0.0526. The molecule has 0 aliphatic heterocycles. The molecule has 4 rings (SSSR count). The summed E-state index contributed by atoms with van der Waals surface area (Å²) in [5.74, 6) is 0. The van der Waals surface area contributed by atoms with E-state index in [1.807, 2.05) is 0 Å². The Balaban J connectivity index is 2.09. The van der Waals surface area contributed by atoms with Crippen LogP contribution in [0.25, 0.3) is 28.3 Å². The lowest BCUT2D eigenvalue weighted by atomic mass is 10.00. The van der Waals surface area contributed by atoms with Gasteiger partial charge in [-0.25, -0.2) is 0 Å². The minimum atomic E-state index is 1.01. The lowest BCUT2D eigenvalue weighted by molar-refractivity contribution is 1.32. The molecule has 0 aromatic heterocycles. The Morgan fingerprint density at radius 1 is 0.684 bits per heavy atom. The van der Waals surface area contributed by atoms with Crippen LogP contribution in [0.4, 0.5) is 0 Å². The number of fused-ring (bicyclic) bond motifs is 5. The van der Waals surface area contributed by atoms with Gasteiger partial charge in [-0.1, -0.05) is 66.7 Å². The van der Waals surface area contributed by atoms with Crippen LogP contribution in [0.15, 0.2) is 66.7 Å². The molecular formula is C19H14. The third-order valence-corrected chi connectivity index (χ3v) is 3.89. The highest BCUT2D eigenvalue weighted by molar-refractivity contribution is 5.89. The highest BCUT2D eigenvalue weighted by Crippen LogP contribution is 2.40. The molecule has 0 heterocycles. The van der Waals surface area contributed by atoms with E-state index in [-0.39, 0.29) is 0 Å². The van der Waals surface area contributed by atoms with E-state index in [2.05, 4.69) is 72.8 Å². The first kappa shape index (κ1) is 10.6. The minimum Gasteiger partial charge on any atom is -0.0795 e. The van der Waals surface area contributed by atoms with E-state index in [4.69, 9.17) is 0 Å². The average molecular weight is 242 g/mol. The Hall–Kier alpha value is -2.34. The molecule has 19 heavy (non-hydrogen) atoms. The smallest absolute Gasteiger partial charge is 0.00818 e. The standard InChI is InChI=1S/C19H14/c1-2-8-15-13-19-16-11-5-4-7-14(16)9-6-12-18(19)17(15)10-3-1/h1-11,13H,12H2. The minimum absolute atomic E-state index is 1.01.